The Kier molecular flexibility index (Phi) is 3.38. The van der Waals surface area contributed by atoms with Crippen molar-refractivity contribution in [2.45, 2.75) is 6.36 Å². The second kappa shape index (κ2) is 4.98. The summed E-state index contributed by atoms with van der Waals surface area (Å²) in [5.41, 5.74) is 1.14. The van der Waals surface area contributed by atoms with E-state index in [0.717, 1.165) is 6.07 Å². The molecule has 0 saturated heterocycles. The molecular weight excluding hydrogens is 257 g/mol. The summed E-state index contributed by atoms with van der Waals surface area (Å²) in [4.78, 5) is 3.87. The van der Waals surface area contributed by atoms with E-state index in [1.165, 1.54) is 24.5 Å². The number of rotatable bonds is 2. The quantitative estimate of drug-likeness (QED) is 0.833. The van der Waals surface area contributed by atoms with E-state index in [0.29, 0.717) is 11.1 Å². The number of benzene rings is 1. The van der Waals surface area contributed by atoms with Crippen molar-refractivity contribution in [3.8, 4) is 22.9 Å². The van der Waals surface area contributed by atoms with E-state index in [1.807, 2.05) is 6.07 Å². The van der Waals surface area contributed by atoms with Crippen LogP contribution in [0.25, 0.3) is 11.1 Å². The third-order valence-corrected chi connectivity index (χ3v) is 2.32. The second-order valence-corrected chi connectivity index (χ2v) is 3.61. The van der Waals surface area contributed by atoms with Gasteiger partial charge in [0.05, 0.1) is 11.6 Å². The van der Waals surface area contributed by atoms with Gasteiger partial charge in [-0.3, -0.25) is 4.98 Å². The summed E-state index contributed by atoms with van der Waals surface area (Å²) in [6.45, 7) is 0. The molecule has 6 heteroatoms. The fourth-order valence-corrected chi connectivity index (χ4v) is 1.58. The van der Waals surface area contributed by atoms with Gasteiger partial charge >= 0.3 is 6.36 Å². The van der Waals surface area contributed by atoms with E-state index in [2.05, 4.69) is 9.72 Å². The molecule has 0 unspecified atom stereocenters. The Morgan fingerprint density at radius 3 is 2.58 bits per heavy atom. The highest BCUT2D eigenvalue weighted by Crippen LogP contribution is 2.30. The van der Waals surface area contributed by atoms with Crippen molar-refractivity contribution in [2.75, 3.05) is 0 Å². The fourth-order valence-electron chi connectivity index (χ4n) is 1.58. The van der Waals surface area contributed by atoms with Crippen LogP contribution >= 0.6 is 0 Å². The average molecular weight is 264 g/mol. The maximum absolute atomic E-state index is 12.2. The Labute approximate surface area is 106 Å². The van der Waals surface area contributed by atoms with Crippen molar-refractivity contribution in [3.63, 3.8) is 0 Å². The van der Waals surface area contributed by atoms with Crippen LogP contribution in [-0.2, 0) is 0 Å². The van der Waals surface area contributed by atoms with Gasteiger partial charge in [0.15, 0.2) is 0 Å². The zero-order chi connectivity index (χ0) is 13.9. The lowest BCUT2D eigenvalue weighted by Gasteiger charge is -2.11. The first-order valence-corrected chi connectivity index (χ1v) is 5.20. The molecule has 0 amide bonds. The van der Waals surface area contributed by atoms with Crippen LogP contribution in [0.3, 0.4) is 0 Å². The van der Waals surface area contributed by atoms with Gasteiger partial charge in [-0.2, -0.15) is 5.26 Å². The Balaban J connectivity index is 2.47. The van der Waals surface area contributed by atoms with Gasteiger partial charge in [-0.15, -0.1) is 13.2 Å². The number of hydrogen-bond acceptors (Lipinski definition) is 3. The number of hydrogen-bond donors (Lipinski definition) is 0. The minimum Gasteiger partial charge on any atom is -0.406 e. The zero-order valence-corrected chi connectivity index (χ0v) is 9.48. The molecule has 2 aromatic rings. The lowest BCUT2D eigenvalue weighted by Crippen LogP contribution is -2.17. The molecule has 1 aromatic heterocycles. The number of halogens is 3. The minimum atomic E-state index is -4.76. The highest BCUT2D eigenvalue weighted by atomic mass is 19.4. The van der Waals surface area contributed by atoms with Crippen molar-refractivity contribution in [1.82, 2.24) is 4.98 Å². The number of alkyl halides is 3. The summed E-state index contributed by atoms with van der Waals surface area (Å²) in [7, 11) is 0. The van der Waals surface area contributed by atoms with Crippen LogP contribution in [0.4, 0.5) is 13.2 Å². The predicted molar refractivity (Wildman–Crippen MR) is 61.1 cm³/mol. The molecule has 0 N–H and O–H groups in total. The highest BCUT2D eigenvalue weighted by molar-refractivity contribution is 5.71. The van der Waals surface area contributed by atoms with Crippen LogP contribution in [0.2, 0.25) is 0 Å². The smallest absolute Gasteiger partial charge is 0.406 e. The SMILES string of the molecule is N#Cc1ccc(OC(F)(F)F)cc1-c1cccnc1. The Bertz CT molecular complexity index is 618. The van der Waals surface area contributed by atoms with Crippen molar-refractivity contribution in [2.24, 2.45) is 0 Å². The van der Waals surface area contributed by atoms with Gasteiger partial charge in [0.1, 0.15) is 5.75 Å². The lowest BCUT2D eigenvalue weighted by molar-refractivity contribution is -0.274. The molecule has 19 heavy (non-hydrogen) atoms. The van der Waals surface area contributed by atoms with Crippen LogP contribution in [0, 0.1) is 11.3 Å². The largest absolute Gasteiger partial charge is 0.573 e. The highest BCUT2D eigenvalue weighted by Gasteiger charge is 2.31. The molecule has 0 radical (unpaired) electrons. The van der Waals surface area contributed by atoms with Crippen LogP contribution in [-0.4, -0.2) is 11.3 Å². The molecule has 0 spiro atoms. The molecule has 0 atom stereocenters. The van der Waals surface area contributed by atoms with Gasteiger partial charge in [0.2, 0.25) is 0 Å². The van der Waals surface area contributed by atoms with Crippen molar-refractivity contribution in [3.05, 3.63) is 48.3 Å². The van der Waals surface area contributed by atoms with Crippen molar-refractivity contribution in [1.29, 1.82) is 5.26 Å². The summed E-state index contributed by atoms with van der Waals surface area (Å²) in [6, 6.07) is 8.76. The zero-order valence-electron chi connectivity index (χ0n) is 9.48. The average Bonchev–Trinajstić information content (AvgIpc) is 2.38. The number of pyridine rings is 1. The Hall–Kier alpha value is -2.55. The molecule has 0 aliphatic carbocycles. The fraction of sp³-hybridized carbons (Fsp3) is 0.0769. The van der Waals surface area contributed by atoms with Gasteiger partial charge in [-0.1, -0.05) is 6.07 Å². The third-order valence-electron chi connectivity index (χ3n) is 2.32. The summed E-state index contributed by atoms with van der Waals surface area (Å²) < 4.78 is 40.3. The maximum Gasteiger partial charge on any atom is 0.573 e. The first-order chi connectivity index (χ1) is 8.99. The second-order valence-electron chi connectivity index (χ2n) is 3.61. The summed E-state index contributed by atoms with van der Waals surface area (Å²) >= 11 is 0. The van der Waals surface area contributed by atoms with E-state index in [4.69, 9.17) is 5.26 Å². The number of ether oxygens (including phenoxy) is 1. The number of aromatic nitrogens is 1. The van der Waals surface area contributed by atoms with Crippen molar-refractivity contribution >= 4 is 0 Å². The van der Waals surface area contributed by atoms with Gasteiger partial charge in [-0.25, -0.2) is 0 Å². The molecule has 0 saturated carbocycles. The number of nitrogens with zero attached hydrogens (tertiary/aromatic N) is 2. The van der Waals surface area contributed by atoms with Crippen LogP contribution in [0.1, 0.15) is 5.56 Å². The van der Waals surface area contributed by atoms with Gasteiger partial charge < -0.3 is 4.74 Å². The lowest BCUT2D eigenvalue weighted by atomic mass is 10.0. The van der Waals surface area contributed by atoms with E-state index < -0.39 is 6.36 Å². The summed E-state index contributed by atoms with van der Waals surface area (Å²) in [5.74, 6) is -0.370. The monoisotopic (exact) mass is 264 g/mol. The van der Waals surface area contributed by atoms with E-state index >= 15 is 0 Å². The standard InChI is InChI=1S/C13H7F3N2O/c14-13(15,16)19-11-4-3-9(7-17)12(6-11)10-2-1-5-18-8-10/h1-6,8H. The van der Waals surface area contributed by atoms with Crippen LogP contribution in [0.5, 0.6) is 5.75 Å². The van der Waals surface area contributed by atoms with E-state index in [-0.39, 0.29) is 11.3 Å². The van der Waals surface area contributed by atoms with Gasteiger partial charge in [0, 0.05) is 23.5 Å². The summed E-state index contributed by atoms with van der Waals surface area (Å²) in [5, 5.41) is 8.97. The molecule has 0 aliphatic heterocycles. The molecule has 2 rings (SSSR count). The first-order valence-electron chi connectivity index (χ1n) is 5.20. The molecule has 1 aromatic carbocycles. The maximum atomic E-state index is 12.2. The molecule has 0 fully saturated rings. The molecule has 0 bridgehead atoms. The molecule has 0 aliphatic rings. The minimum absolute atomic E-state index is 0.252. The number of nitriles is 1. The Morgan fingerprint density at radius 1 is 1.21 bits per heavy atom. The van der Waals surface area contributed by atoms with Crippen molar-refractivity contribution < 1.29 is 17.9 Å². The summed E-state index contributed by atoms with van der Waals surface area (Å²) in [6.07, 6.45) is -1.76. The predicted octanol–water partition coefficient (Wildman–Crippen LogP) is 3.52. The normalized spacial score (nSPS) is 10.8. The van der Waals surface area contributed by atoms with Gasteiger partial charge in [-0.05, 0) is 24.3 Å². The first kappa shape index (κ1) is 12.9. The van der Waals surface area contributed by atoms with Crippen LogP contribution in [0.15, 0.2) is 42.7 Å². The van der Waals surface area contributed by atoms with Crippen LogP contribution < -0.4 is 4.74 Å². The molecule has 3 nitrogen and oxygen atoms in total. The molecular formula is C13H7F3N2O. The molecule has 96 valence electrons. The van der Waals surface area contributed by atoms with E-state index in [1.54, 1.807) is 12.1 Å². The topological polar surface area (TPSA) is 45.9 Å². The Morgan fingerprint density at radius 2 is 2.00 bits per heavy atom. The van der Waals surface area contributed by atoms with E-state index in [9.17, 15) is 13.2 Å². The molecule has 1 heterocycles. The third kappa shape index (κ3) is 3.22. The van der Waals surface area contributed by atoms with Gasteiger partial charge in [0.25, 0.3) is 0 Å².